The van der Waals surface area contributed by atoms with Crippen LogP contribution in [0.3, 0.4) is 0 Å². The SMILES string of the molecule is CC1(C)CCC(Oc2cc(Cl)ccc2C#N)CC1. The van der Waals surface area contributed by atoms with Crippen molar-refractivity contribution >= 4 is 11.6 Å². The summed E-state index contributed by atoms with van der Waals surface area (Å²) in [6, 6.07) is 7.31. The molecule has 0 N–H and O–H groups in total. The number of nitrogens with zero attached hydrogens (tertiary/aromatic N) is 1. The van der Waals surface area contributed by atoms with Crippen LogP contribution in [0.1, 0.15) is 45.1 Å². The summed E-state index contributed by atoms with van der Waals surface area (Å²) >= 11 is 5.95. The molecule has 3 heteroatoms. The Hall–Kier alpha value is -1.20. The van der Waals surface area contributed by atoms with Crippen LogP contribution in [0.15, 0.2) is 18.2 Å². The van der Waals surface area contributed by atoms with Crippen molar-refractivity contribution in [3.8, 4) is 11.8 Å². The van der Waals surface area contributed by atoms with Gasteiger partial charge in [-0.15, -0.1) is 0 Å². The fourth-order valence-electron chi connectivity index (χ4n) is 2.36. The Labute approximate surface area is 114 Å². The smallest absolute Gasteiger partial charge is 0.138 e. The van der Waals surface area contributed by atoms with Crippen LogP contribution in [0.25, 0.3) is 0 Å². The van der Waals surface area contributed by atoms with Crippen molar-refractivity contribution in [2.24, 2.45) is 5.41 Å². The predicted molar refractivity (Wildman–Crippen MR) is 72.8 cm³/mol. The highest BCUT2D eigenvalue weighted by Gasteiger charge is 2.28. The molecule has 0 heterocycles. The maximum absolute atomic E-state index is 9.05. The lowest BCUT2D eigenvalue weighted by Crippen LogP contribution is -2.28. The summed E-state index contributed by atoms with van der Waals surface area (Å²) in [5.74, 6) is 0.620. The summed E-state index contributed by atoms with van der Waals surface area (Å²) < 4.78 is 5.94. The zero-order chi connectivity index (χ0) is 13.2. The molecule has 0 aromatic heterocycles. The number of hydrogen-bond donors (Lipinski definition) is 0. The van der Waals surface area contributed by atoms with Crippen molar-refractivity contribution in [2.45, 2.75) is 45.6 Å². The number of benzene rings is 1. The molecule has 96 valence electrons. The van der Waals surface area contributed by atoms with Crippen LogP contribution < -0.4 is 4.74 Å². The van der Waals surface area contributed by atoms with Crippen molar-refractivity contribution in [1.82, 2.24) is 0 Å². The van der Waals surface area contributed by atoms with Gasteiger partial charge in [-0.2, -0.15) is 5.26 Å². The minimum Gasteiger partial charge on any atom is -0.489 e. The third-order valence-corrected chi connectivity index (χ3v) is 3.88. The van der Waals surface area contributed by atoms with E-state index < -0.39 is 0 Å². The standard InChI is InChI=1S/C15H18ClNO/c1-15(2)7-5-13(6-8-15)18-14-9-12(16)4-3-11(14)10-17/h3-4,9,13H,5-8H2,1-2H3. The zero-order valence-corrected chi connectivity index (χ0v) is 11.6. The van der Waals surface area contributed by atoms with Gasteiger partial charge in [-0.25, -0.2) is 0 Å². The van der Waals surface area contributed by atoms with Gasteiger partial charge in [-0.1, -0.05) is 25.4 Å². The first-order valence-corrected chi connectivity index (χ1v) is 6.74. The number of halogens is 1. The van der Waals surface area contributed by atoms with Crippen LogP contribution in [-0.4, -0.2) is 6.10 Å². The van der Waals surface area contributed by atoms with Gasteiger partial charge in [0.15, 0.2) is 0 Å². The second kappa shape index (κ2) is 5.20. The van der Waals surface area contributed by atoms with Crippen molar-refractivity contribution < 1.29 is 4.74 Å². The Morgan fingerprint density at radius 2 is 2.00 bits per heavy atom. The topological polar surface area (TPSA) is 33.0 Å². The summed E-state index contributed by atoms with van der Waals surface area (Å²) in [6.45, 7) is 4.59. The number of rotatable bonds is 2. The van der Waals surface area contributed by atoms with Gasteiger partial charge in [0.25, 0.3) is 0 Å². The van der Waals surface area contributed by atoms with Gasteiger partial charge in [-0.05, 0) is 43.2 Å². The maximum atomic E-state index is 9.05. The highest BCUT2D eigenvalue weighted by Crippen LogP contribution is 2.37. The highest BCUT2D eigenvalue weighted by molar-refractivity contribution is 6.30. The zero-order valence-electron chi connectivity index (χ0n) is 10.9. The third-order valence-electron chi connectivity index (χ3n) is 3.64. The van der Waals surface area contributed by atoms with Gasteiger partial charge in [0, 0.05) is 11.1 Å². The average molecular weight is 264 g/mol. The van der Waals surface area contributed by atoms with E-state index in [2.05, 4.69) is 19.9 Å². The van der Waals surface area contributed by atoms with Crippen LogP contribution >= 0.6 is 11.6 Å². The van der Waals surface area contributed by atoms with Gasteiger partial charge < -0.3 is 4.74 Å². The number of nitriles is 1. The van der Waals surface area contributed by atoms with E-state index in [1.165, 1.54) is 12.8 Å². The molecule has 0 radical (unpaired) electrons. The largest absolute Gasteiger partial charge is 0.489 e. The first-order valence-electron chi connectivity index (χ1n) is 6.36. The van der Waals surface area contributed by atoms with E-state index in [0.717, 1.165) is 12.8 Å². The molecule has 0 aliphatic heterocycles. The van der Waals surface area contributed by atoms with Crippen LogP contribution in [0.4, 0.5) is 0 Å². The van der Waals surface area contributed by atoms with Crippen LogP contribution in [-0.2, 0) is 0 Å². The molecule has 1 aromatic carbocycles. The molecule has 18 heavy (non-hydrogen) atoms. The normalized spacial score (nSPS) is 19.2. The minimum atomic E-state index is 0.212. The Bertz CT molecular complexity index is 466. The second-order valence-corrected chi connectivity index (χ2v) is 6.17. The molecule has 0 atom stereocenters. The molecule has 1 saturated carbocycles. The summed E-state index contributed by atoms with van der Waals surface area (Å²) in [5, 5.41) is 9.66. The van der Waals surface area contributed by atoms with Crippen molar-refractivity contribution in [3.05, 3.63) is 28.8 Å². The lowest BCUT2D eigenvalue weighted by Gasteiger charge is -2.34. The quantitative estimate of drug-likeness (QED) is 0.784. The van der Waals surface area contributed by atoms with Gasteiger partial charge in [0.05, 0.1) is 11.7 Å². The summed E-state index contributed by atoms with van der Waals surface area (Å²) in [4.78, 5) is 0. The van der Waals surface area contributed by atoms with E-state index in [0.29, 0.717) is 21.8 Å². The monoisotopic (exact) mass is 263 g/mol. The lowest BCUT2D eigenvalue weighted by molar-refractivity contribution is 0.0985. The van der Waals surface area contributed by atoms with Crippen LogP contribution in [0, 0.1) is 16.7 Å². The van der Waals surface area contributed by atoms with E-state index in [-0.39, 0.29) is 6.10 Å². The van der Waals surface area contributed by atoms with Crippen LogP contribution in [0.5, 0.6) is 5.75 Å². The maximum Gasteiger partial charge on any atom is 0.138 e. The number of ether oxygens (including phenoxy) is 1. The first kappa shape index (κ1) is 13.2. The van der Waals surface area contributed by atoms with Gasteiger partial charge in [-0.3, -0.25) is 0 Å². The Balaban J connectivity index is 2.07. The lowest BCUT2D eigenvalue weighted by atomic mass is 9.76. The van der Waals surface area contributed by atoms with E-state index in [1.807, 2.05) is 0 Å². The Morgan fingerprint density at radius 1 is 1.33 bits per heavy atom. The molecule has 1 aliphatic carbocycles. The molecule has 0 unspecified atom stereocenters. The predicted octanol–water partition coefficient (Wildman–Crippen LogP) is 4.56. The average Bonchev–Trinajstić information content (AvgIpc) is 2.32. The van der Waals surface area contributed by atoms with Crippen LogP contribution in [0.2, 0.25) is 5.02 Å². The van der Waals surface area contributed by atoms with Crippen molar-refractivity contribution in [3.63, 3.8) is 0 Å². The fraction of sp³-hybridized carbons (Fsp3) is 0.533. The summed E-state index contributed by atoms with van der Waals surface area (Å²) in [7, 11) is 0. The summed E-state index contributed by atoms with van der Waals surface area (Å²) in [5.41, 5.74) is 0.982. The molecule has 2 rings (SSSR count). The summed E-state index contributed by atoms with van der Waals surface area (Å²) in [6.07, 6.45) is 4.64. The molecule has 0 amide bonds. The number of hydrogen-bond acceptors (Lipinski definition) is 2. The van der Waals surface area contributed by atoms with E-state index in [4.69, 9.17) is 21.6 Å². The van der Waals surface area contributed by atoms with Gasteiger partial charge >= 0.3 is 0 Å². The molecule has 1 aliphatic rings. The highest BCUT2D eigenvalue weighted by atomic mass is 35.5. The second-order valence-electron chi connectivity index (χ2n) is 5.73. The van der Waals surface area contributed by atoms with E-state index >= 15 is 0 Å². The van der Waals surface area contributed by atoms with Gasteiger partial charge in [0.2, 0.25) is 0 Å². The Morgan fingerprint density at radius 3 is 2.61 bits per heavy atom. The van der Waals surface area contributed by atoms with Gasteiger partial charge in [0.1, 0.15) is 11.8 Å². The Kier molecular flexibility index (Phi) is 3.82. The third kappa shape index (κ3) is 3.17. The molecule has 1 fully saturated rings. The molecule has 1 aromatic rings. The molecule has 0 bridgehead atoms. The molecule has 0 saturated heterocycles. The molecular formula is C15H18ClNO. The molecule has 2 nitrogen and oxygen atoms in total. The molecular weight excluding hydrogens is 246 g/mol. The van der Waals surface area contributed by atoms with Crippen molar-refractivity contribution in [2.75, 3.05) is 0 Å². The van der Waals surface area contributed by atoms with E-state index in [9.17, 15) is 0 Å². The van der Waals surface area contributed by atoms with Crippen molar-refractivity contribution in [1.29, 1.82) is 5.26 Å². The molecule has 0 spiro atoms. The minimum absolute atomic E-state index is 0.212. The fourth-order valence-corrected chi connectivity index (χ4v) is 2.52. The first-order chi connectivity index (χ1) is 8.50. The van der Waals surface area contributed by atoms with E-state index in [1.54, 1.807) is 18.2 Å².